The molecule has 8 nitrogen and oxygen atoms in total. The van der Waals surface area contributed by atoms with Crippen LogP contribution in [-0.4, -0.2) is 22.8 Å². The molecule has 0 bridgehead atoms. The highest BCUT2D eigenvalue weighted by atomic mass is 14.7. The average molecular weight is 443 g/mol. The minimum atomic E-state index is 0.563. The van der Waals surface area contributed by atoms with Gasteiger partial charge in [-0.05, 0) is 90.8 Å². The van der Waals surface area contributed by atoms with Gasteiger partial charge in [-0.1, -0.05) is 12.1 Å². The van der Waals surface area contributed by atoms with Gasteiger partial charge in [0.05, 0.1) is 22.7 Å². The van der Waals surface area contributed by atoms with Crippen LogP contribution in [-0.2, 0) is 0 Å². The molecule has 12 N–H and O–H groups in total. The fourth-order valence-corrected chi connectivity index (χ4v) is 1.51. The van der Waals surface area contributed by atoms with Crippen molar-refractivity contribution < 1.29 is 0 Å². The van der Waals surface area contributed by atoms with Crippen LogP contribution in [0.3, 0.4) is 0 Å². The Balaban J connectivity index is -0.000000432. The van der Waals surface area contributed by atoms with Gasteiger partial charge in [0.15, 0.2) is 0 Å². The summed E-state index contributed by atoms with van der Waals surface area (Å²) in [5, 5.41) is 26.0. The summed E-state index contributed by atoms with van der Waals surface area (Å²) in [6.07, 6.45) is 0. The van der Waals surface area contributed by atoms with E-state index in [1.165, 1.54) is 0 Å². The van der Waals surface area contributed by atoms with Gasteiger partial charge in [0.25, 0.3) is 0 Å². The summed E-state index contributed by atoms with van der Waals surface area (Å²) < 4.78 is 0. The third kappa shape index (κ3) is 24.4. The van der Waals surface area contributed by atoms with Crippen LogP contribution in [0.5, 0.6) is 0 Å². The molecule has 2 aromatic rings. The van der Waals surface area contributed by atoms with Crippen LogP contribution in [0.2, 0.25) is 0 Å². The molecule has 0 aliphatic rings. The van der Waals surface area contributed by atoms with E-state index >= 15 is 0 Å². The molecule has 0 spiro atoms. The predicted molar refractivity (Wildman–Crippen MR) is 146 cm³/mol. The van der Waals surface area contributed by atoms with Crippen molar-refractivity contribution in [2.24, 2.45) is 0 Å². The van der Waals surface area contributed by atoms with Crippen molar-refractivity contribution in [1.82, 2.24) is 0 Å². The van der Waals surface area contributed by atoms with Gasteiger partial charge < -0.3 is 44.6 Å². The Hall–Kier alpha value is -3.68. The van der Waals surface area contributed by atoms with E-state index in [9.17, 15) is 0 Å². The molecule has 0 amide bonds. The highest BCUT2D eigenvalue weighted by molar-refractivity contribution is 5.79. The van der Waals surface area contributed by atoms with E-state index in [1.807, 2.05) is 24.3 Å². The number of anilines is 4. The Labute approximate surface area is 193 Å². The van der Waals surface area contributed by atoms with Gasteiger partial charge in [-0.15, -0.1) is 0 Å². The summed E-state index contributed by atoms with van der Waals surface area (Å²) in [4.78, 5) is 0. The highest BCUT2D eigenvalue weighted by Gasteiger charge is 2.02. The van der Waals surface area contributed by atoms with Crippen LogP contribution in [0.4, 0.5) is 22.7 Å². The summed E-state index contributed by atoms with van der Waals surface area (Å²) >= 11 is 0. The molecule has 0 saturated carbocycles. The maximum atomic E-state index is 6.50. The molecule has 0 aliphatic heterocycles. The van der Waals surface area contributed by atoms with E-state index < -0.39 is 0 Å². The van der Waals surface area contributed by atoms with Crippen LogP contribution < -0.4 is 22.9 Å². The van der Waals surface area contributed by atoms with Gasteiger partial charge in [0.1, 0.15) is 0 Å². The standard InChI is InChI=1S/C12H14N4.4C3H7N/c13-9-3-1-7(5-11(9)15)8-2-4-10(14)12(16)6-8;4*1-3(2)4/h1-6H,13-16H2;4*4H,1-2H3. The molecule has 178 valence electrons. The number of nitrogens with two attached hydrogens (primary N) is 4. The summed E-state index contributed by atoms with van der Waals surface area (Å²) in [7, 11) is 0. The number of benzene rings is 2. The number of nitrogens with one attached hydrogen (secondary N) is 4. The normalized spacial score (nSPS) is 8.38. The van der Waals surface area contributed by atoms with Crippen molar-refractivity contribution in [2.45, 2.75) is 55.4 Å². The molecular weight excluding hydrogens is 400 g/mol. The number of hydrogen-bond donors (Lipinski definition) is 8. The van der Waals surface area contributed by atoms with Crippen LogP contribution >= 0.6 is 0 Å². The molecule has 2 rings (SSSR count). The number of rotatable bonds is 1. The maximum Gasteiger partial charge on any atom is 0.0554 e. The first-order valence-electron chi connectivity index (χ1n) is 9.88. The minimum Gasteiger partial charge on any atom is -0.397 e. The van der Waals surface area contributed by atoms with Crippen LogP contribution in [0.1, 0.15) is 55.4 Å². The Morgan fingerprint density at radius 1 is 0.438 bits per heavy atom. The van der Waals surface area contributed by atoms with Crippen molar-refractivity contribution in [3.05, 3.63) is 36.4 Å². The summed E-state index contributed by atoms with van der Waals surface area (Å²) in [5.41, 5.74) is 29.7. The van der Waals surface area contributed by atoms with Gasteiger partial charge in [-0.25, -0.2) is 0 Å². The third-order valence-corrected chi connectivity index (χ3v) is 2.51. The van der Waals surface area contributed by atoms with Gasteiger partial charge in [-0.3, -0.25) is 0 Å². The third-order valence-electron chi connectivity index (χ3n) is 2.51. The van der Waals surface area contributed by atoms with Crippen molar-refractivity contribution in [1.29, 1.82) is 21.6 Å². The topological polar surface area (TPSA) is 199 Å². The molecular formula is C24H42N8. The predicted octanol–water partition coefficient (Wildman–Crippen LogP) is 5.87. The van der Waals surface area contributed by atoms with Gasteiger partial charge in [0.2, 0.25) is 0 Å². The van der Waals surface area contributed by atoms with E-state index in [-0.39, 0.29) is 0 Å². The molecule has 0 heterocycles. The van der Waals surface area contributed by atoms with E-state index in [2.05, 4.69) is 0 Å². The second-order valence-corrected chi connectivity index (χ2v) is 7.69. The molecule has 0 aliphatic carbocycles. The fraction of sp³-hybridized carbons (Fsp3) is 0.333. The first-order valence-corrected chi connectivity index (χ1v) is 9.88. The van der Waals surface area contributed by atoms with E-state index in [1.54, 1.807) is 67.5 Å². The first kappa shape index (κ1) is 33.0. The lowest BCUT2D eigenvalue weighted by atomic mass is 10.0. The minimum absolute atomic E-state index is 0.563. The second-order valence-electron chi connectivity index (χ2n) is 7.69. The molecule has 2 aromatic carbocycles. The van der Waals surface area contributed by atoms with Crippen molar-refractivity contribution in [2.75, 3.05) is 22.9 Å². The molecule has 0 aromatic heterocycles. The van der Waals surface area contributed by atoms with Crippen molar-refractivity contribution in [3.63, 3.8) is 0 Å². The molecule has 0 fully saturated rings. The Morgan fingerprint density at radius 3 is 0.781 bits per heavy atom. The fourth-order valence-electron chi connectivity index (χ4n) is 1.51. The number of hydrogen-bond acceptors (Lipinski definition) is 8. The van der Waals surface area contributed by atoms with E-state index in [0.717, 1.165) is 11.1 Å². The number of nitrogen functional groups attached to an aromatic ring is 4. The summed E-state index contributed by atoms with van der Waals surface area (Å²) in [5.74, 6) is 0. The SMILES string of the molecule is CC(C)=N.CC(C)=N.CC(C)=N.CC(C)=N.Nc1ccc(-c2ccc(N)c(N)c2)cc1N. The zero-order chi connectivity index (χ0) is 26.0. The van der Waals surface area contributed by atoms with Crippen LogP contribution in [0, 0.1) is 21.6 Å². The van der Waals surface area contributed by atoms with Gasteiger partial charge in [0, 0.05) is 22.8 Å². The van der Waals surface area contributed by atoms with Crippen LogP contribution in [0.25, 0.3) is 11.1 Å². The largest absolute Gasteiger partial charge is 0.397 e. The molecule has 32 heavy (non-hydrogen) atoms. The molecule has 0 atom stereocenters. The van der Waals surface area contributed by atoms with Gasteiger partial charge >= 0.3 is 0 Å². The summed E-state index contributed by atoms with van der Waals surface area (Å²) in [6, 6.07) is 11.0. The van der Waals surface area contributed by atoms with Gasteiger partial charge in [-0.2, -0.15) is 0 Å². The molecule has 8 heteroatoms. The van der Waals surface area contributed by atoms with Crippen molar-refractivity contribution in [3.8, 4) is 11.1 Å². The second kappa shape index (κ2) is 18.1. The molecule has 0 radical (unpaired) electrons. The van der Waals surface area contributed by atoms with Crippen LogP contribution in [0.15, 0.2) is 36.4 Å². The molecule has 0 saturated heterocycles. The Bertz CT molecular complexity index is 772. The Kier molecular flexibility index (Phi) is 18.7. The van der Waals surface area contributed by atoms with E-state index in [4.69, 9.17) is 44.6 Å². The maximum absolute atomic E-state index is 6.50. The highest BCUT2D eigenvalue weighted by Crippen LogP contribution is 2.28. The lowest BCUT2D eigenvalue weighted by molar-refractivity contribution is 1.45. The lowest BCUT2D eigenvalue weighted by Crippen LogP contribution is -1.96. The first-order chi connectivity index (χ1) is 14.5. The zero-order valence-corrected chi connectivity index (χ0v) is 20.8. The summed E-state index contributed by atoms with van der Waals surface area (Å²) in [6.45, 7) is 14.0. The average Bonchev–Trinajstić information content (AvgIpc) is 2.58. The van der Waals surface area contributed by atoms with E-state index in [0.29, 0.717) is 45.6 Å². The zero-order valence-electron chi connectivity index (χ0n) is 20.8. The smallest absolute Gasteiger partial charge is 0.0554 e. The lowest BCUT2D eigenvalue weighted by Gasteiger charge is -2.07. The van der Waals surface area contributed by atoms with Crippen molar-refractivity contribution >= 4 is 45.6 Å². The monoisotopic (exact) mass is 442 g/mol. The molecule has 0 unspecified atom stereocenters. The Morgan fingerprint density at radius 2 is 0.625 bits per heavy atom. The quantitative estimate of drug-likeness (QED) is 0.202.